The van der Waals surface area contributed by atoms with E-state index in [1.54, 1.807) is 6.07 Å². The Balaban J connectivity index is 1.79. The summed E-state index contributed by atoms with van der Waals surface area (Å²) in [5.41, 5.74) is 0.0114. The molecular formula is C20H19NO6. The second-order valence-corrected chi connectivity index (χ2v) is 5.58. The fourth-order valence-corrected chi connectivity index (χ4v) is 2.59. The van der Waals surface area contributed by atoms with Crippen molar-refractivity contribution in [1.82, 2.24) is 4.98 Å². The lowest BCUT2D eigenvalue weighted by Crippen LogP contribution is -2.17. The number of para-hydroxylation sites is 1. The Morgan fingerprint density at radius 2 is 1.74 bits per heavy atom. The van der Waals surface area contributed by atoms with Gasteiger partial charge in [0.05, 0.1) is 25.1 Å². The number of pyridine rings is 1. The van der Waals surface area contributed by atoms with Crippen molar-refractivity contribution in [3.63, 3.8) is 0 Å². The summed E-state index contributed by atoms with van der Waals surface area (Å²) in [6.07, 6.45) is 1.32. The molecule has 0 unspecified atom stereocenters. The highest BCUT2D eigenvalue weighted by atomic mass is 16.5. The van der Waals surface area contributed by atoms with E-state index in [2.05, 4.69) is 9.72 Å². The Morgan fingerprint density at radius 3 is 2.44 bits per heavy atom. The summed E-state index contributed by atoms with van der Waals surface area (Å²) in [5.74, 6) is 0.902. The van der Waals surface area contributed by atoms with E-state index in [1.165, 1.54) is 26.5 Å². The van der Waals surface area contributed by atoms with Gasteiger partial charge in [-0.1, -0.05) is 18.2 Å². The second kappa shape index (κ2) is 8.27. The maximum absolute atomic E-state index is 12.5. The lowest BCUT2D eigenvalue weighted by atomic mass is 10.1. The molecule has 2 aromatic carbocycles. The number of hydrogen-bond donors (Lipinski definition) is 1. The maximum atomic E-state index is 12.5. The van der Waals surface area contributed by atoms with E-state index >= 15 is 0 Å². The minimum Gasteiger partial charge on any atom is -0.493 e. The molecule has 140 valence electrons. The molecule has 3 rings (SSSR count). The molecule has 0 amide bonds. The molecule has 0 aliphatic carbocycles. The topological polar surface area (TPSA) is 86.9 Å². The van der Waals surface area contributed by atoms with Gasteiger partial charge in [0.15, 0.2) is 11.5 Å². The molecule has 1 N–H and O–H groups in total. The molecule has 0 aliphatic rings. The molecule has 0 bridgehead atoms. The normalized spacial score (nSPS) is 10.4. The van der Waals surface area contributed by atoms with Crippen molar-refractivity contribution in [2.45, 2.75) is 0 Å². The number of rotatable bonds is 7. The average molecular weight is 369 g/mol. The van der Waals surface area contributed by atoms with E-state index in [9.17, 15) is 9.59 Å². The van der Waals surface area contributed by atoms with Crippen LogP contribution in [0.3, 0.4) is 0 Å². The molecule has 1 aromatic heterocycles. The van der Waals surface area contributed by atoms with E-state index in [0.29, 0.717) is 35.6 Å². The third-order valence-electron chi connectivity index (χ3n) is 3.92. The molecule has 3 aromatic rings. The van der Waals surface area contributed by atoms with Gasteiger partial charge >= 0.3 is 5.97 Å². The number of carbonyl (C=O) groups excluding carboxylic acids is 1. The third kappa shape index (κ3) is 4.03. The number of fused-ring (bicyclic) bond motifs is 1. The number of methoxy groups -OCH3 is 2. The van der Waals surface area contributed by atoms with Crippen LogP contribution >= 0.6 is 0 Å². The zero-order valence-corrected chi connectivity index (χ0v) is 15.0. The van der Waals surface area contributed by atoms with Crippen LogP contribution in [-0.2, 0) is 4.74 Å². The standard InChI is InChI=1S/C20H19NO6/c1-24-17-10-14-16(21-12-15(19(14)22)20(23)25-2)11-18(17)27-9-8-26-13-6-4-3-5-7-13/h3-7,10-12H,8-9H2,1-2H3,(H,21,22). The quantitative estimate of drug-likeness (QED) is 0.509. The van der Waals surface area contributed by atoms with Crippen LogP contribution in [0.1, 0.15) is 10.4 Å². The monoisotopic (exact) mass is 369 g/mol. The van der Waals surface area contributed by atoms with Crippen LogP contribution in [-0.4, -0.2) is 38.4 Å². The van der Waals surface area contributed by atoms with Crippen LogP contribution in [0, 0.1) is 0 Å². The predicted molar refractivity (Wildman–Crippen MR) is 99.9 cm³/mol. The molecular weight excluding hydrogens is 350 g/mol. The van der Waals surface area contributed by atoms with Crippen LogP contribution in [0.2, 0.25) is 0 Å². The van der Waals surface area contributed by atoms with Crippen molar-refractivity contribution in [2.75, 3.05) is 27.4 Å². The van der Waals surface area contributed by atoms with Crippen LogP contribution in [0.15, 0.2) is 53.5 Å². The lowest BCUT2D eigenvalue weighted by Gasteiger charge is -2.13. The molecule has 0 saturated carbocycles. The number of ether oxygens (including phenoxy) is 4. The Kier molecular flexibility index (Phi) is 5.61. The van der Waals surface area contributed by atoms with Crippen molar-refractivity contribution in [2.24, 2.45) is 0 Å². The van der Waals surface area contributed by atoms with E-state index < -0.39 is 11.4 Å². The maximum Gasteiger partial charge on any atom is 0.343 e. The Hall–Kier alpha value is -3.48. The van der Waals surface area contributed by atoms with Gasteiger partial charge in [-0.05, 0) is 18.2 Å². The fourth-order valence-electron chi connectivity index (χ4n) is 2.59. The highest BCUT2D eigenvalue weighted by Crippen LogP contribution is 2.30. The van der Waals surface area contributed by atoms with Gasteiger partial charge in [-0.25, -0.2) is 4.79 Å². The molecule has 1 heterocycles. The second-order valence-electron chi connectivity index (χ2n) is 5.58. The fraction of sp³-hybridized carbons (Fsp3) is 0.200. The van der Waals surface area contributed by atoms with Crippen molar-refractivity contribution >= 4 is 16.9 Å². The molecule has 7 nitrogen and oxygen atoms in total. The first-order valence-electron chi connectivity index (χ1n) is 8.26. The first-order chi connectivity index (χ1) is 13.1. The molecule has 0 atom stereocenters. The van der Waals surface area contributed by atoms with Gasteiger partial charge in [-0.3, -0.25) is 4.79 Å². The van der Waals surface area contributed by atoms with Crippen molar-refractivity contribution in [1.29, 1.82) is 0 Å². The van der Waals surface area contributed by atoms with Gasteiger partial charge in [0.2, 0.25) is 5.43 Å². The third-order valence-corrected chi connectivity index (χ3v) is 3.92. The predicted octanol–water partition coefficient (Wildman–Crippen LogP) is 2.78. The number of hydrogen-bond acceptors (Lipinski definition) is 6. The van der Waals surface area contributed by atoms with E-state index in [4.69, 9.17) is 14.2 Å². The SMILES string of the molecule is COC(=O)c1c[nH]c2cc(OCCOc3ccccc3)c(OC)cc2c1=O. The van der Waals surface area contributed by atoms with Crippen LogP contribution in [0.4, 0.5) is 0 Å². The number of aromatic nitrogens is 1. The molecule has 0 saturated heterocycles. The summed E-state index contributed by atoms with van der Waals surface area (Å²) < 4.78 is 21.3. The molecule has 0 fully saturated rings. The van der Waals surface area contributed by atoms with E-state index in [1.807, 2.05) is 30.3 Å². The molecule has 0 spiro atoms. The summed E-state index contributed by atoms with van der Waals surface area (Å²) in [7, 11) is 2.70. The summed E-state index contributed by atoms with van der Waals surface area (Å²) in [6.45, 7) is 0.643. The number of esters is 1. The van der Waals surface area contributed by atoms with Crippen LogP contribution in [0.5, 0.6) is 17.2 Å². The average Bonchev–Trinajstić information content (AvgIpc) is 2.71. The zero-order chi connectivity index (χ0) is 19.2. The Bertz CT molecular complexity index is 997. The zero-order valence-electron chi connectivity index (χ0n) is 15.0. The molecule has 0 aliphatic heterocycles. The number of aromatic amines is 1. The smallest absolute Gasteiger partial charge is 0.343 e. The molecule has 27 heavy (non-hydrogen) atoms. The van der Waals surface area contributed by atoms with Gasteiger partial charge in [-0.15, -0.1) is 0 Å². The minimum absolute atomic E-state index is 0.0722. The van der Waals surface area contributed by atoms with Gasteiger partial charge in [0.1, 0.15) is 24.5 Å². The summed E-state index contributed by atoms with van der Waals surface area (Å²) >= 11 is 0. The van der Waals surface area contributed by atoms with Gasteiger partial charge in [0.25, 0.3) is 0 Å². The summed E-state index contributed by atoms with van der Waals surface area (Å²) in [4.78, 5) is 27.1. The van der Waals surface area contributed by atoms with E-state index in [0.717, 1.165) is 5.75 Å². The van der Waals surface area contributed by atoms with Gasteiger partial charge in [-0.2, -0.15) is 0 Å². The Morgan fingerprint density at radius 1 is 1.00 bits per heavy atom. The van der Waals surface area contributed by atoms with Crippen LogP contribution in [0.25, 0.3) is 10.9 Å². The summed E-state index contributed by atoms with van der Waals surface area (Å²) in [6, 6.07) is 12.6. The number of carbonyl (C=O) groups is 1. The molecule has 7 heteroatoms. The van der Waals surface area contributed by atoms with E-state index in [-0.39, 0.29) is 5.56 Å². The van der Waals surface area contributed by atoms with Crippen molar-refractivity contribution < 1.29 is 23.7 Å². The van der Waals surface area contributed by atoms with Gasteiger partial charge < -0.3 is 23.9 Å². The highest BCUT2D eigenvalue weighted by Gasteiger charge is 2.16. The number of H-pyrrole nitrogens is 1. The number of nitrogens with one attached hydrogen (secondary N) is 1. The largest absolute Gasteiger partial charge is 0.493 e. The minimum atomic E-state index is -0.699. The van der Waals surface area contributed by atoms with Crippen molar-refractivity contribution in [3.05, 3.63) is 64.4 Å². The first kappa shape index (κ1) is 18.3. The Labute approximate surface area is 155 Å². The lowest BCUT2D eigenvalue weighted by molar-refractivity contribution is 0.0599. The van der Waals surface area contributed by atoms with Gasteiger partial charge in [0, 0.05) is 12.3 Å². The summed E-state index contributed by atoms with van der Waals surface area (Å²) in [5, 5.41) is 0.308. The highest BCUT2D eigenvalue weighted by molar-refractivity contribution is 5.94. The first-order valence-corrected chi connectivity index (χ1v) is 8.26. The molecule has 0 radical (unpaired) electrons. The van der Waals surface area contributed by atoms with Crippen molar-refractivity contribution in [3.8, 4) is 17.2 Å². The number of benzene rings is 2. The van der Waals surface area contributed by atoms with Crippen LogP contribution < -0.4 is 19.6 Å².